The number of nitrogens with one attached hydrogen (secondary N) is 1. The zero-order valence-electron chi connectivity index (χ0n) is 12.0. The average molecular weight is 333 g/mol. The fourth-order valence-corrected chi connectivity index (χ4v) is 2.74. The van der Waals surface area contributed by atoms with Gasteiger partial charge in [0.2, 0.25) is 0 Å². The first-order chi connectivity index (χ1) is 9.65. The van der Waals surface area contributed by atoms with Crippen LogP contribution in [-0.4, -0.2) is 0 Å². The van der Waals surface area contributed by atoms with Crippen LogP contribution in [0.3, 0.4) is 0 Å². The minimum absolute atomic E-state index is 0.0163. The molecule has 0 bridgehead atoms. The second-order valence-electron chi connectivity index (χ2n) is 5.10. The van der Waals surface area contributed by atoms with Crippen molar-refractivity contribution in [3.8, 4) is 0 Å². The van der Waals surface area contributed by atoms with Crippen molar-refractivity contribution in [1.82, 2.24) is 5.43 Å². The maximum Gasteiger partial charge on any atom is 0.0710 e. The predicted molar refractivity (Wildman–Crippen MR) is 88.5 cm³/mol. The molecule has 20 heavy (non-hydrogen) atoms. The zero-order chi connectivity index (χ0) is 14.5. The molecule has 0 aliphatic carbocycles. The van der Waals surface area contributed by atoms with Crippen molar-refractivity contribution in [3.05, 3.63) is 69.2 Å². The molecule has 1 unspecified atom stereocenters. The zero-order valence-corrected chi connectivity index (χ0v) is 13.6. The molecule has 0 radical (unpaired) electrons. The lowest BCUT2D eigenvalue weighted by atomic mass is 9.97. The van der Waals surface area contributed by atoms with Gasteiger partial charge in [-0.1, -0.05) is 65.7 Å². The third kappa shape index (κ3) is 3.48. The van der Waals surface area contributed by atoms with Gasteiger partial charge in [-0.05, 0) is 41.7 Å². The van der Waals surface area contributed by atoms with Crippen LogP contribution in [0.5, 0.6) is 0 Å². The Balaban J connectivity index is 2.29. The van der Waals surface area contributed by atoms with E-state index in [1.54, 1.807) is 0 Å². The molecule has 0 saturated carbocycles. The van der Waals surface area contributed by atoms with Crippen molar-refractivity contribution in [3.63, 3.8) is 0 Å². The van der Waals surface area contributed by atoms with Gasteiger partial charge in [-0.25, -0.2) is 5.43 Å². The van der Waals surface area contributed by atoms with Crippen LogP contribution in [0.4, 0.5) is 0 Å². The summed E-state index contributed by atoms with van der Waals surface area (Å²) in [7, 11) is 0. The molecule has 2 nitrogen and oxygen atoms in total. The van der Waals surface area contributed by atoms with Gasteiger partial charge in [0.25, 0.3) is 0 Å². The Hall–Kier alpha value is -1.16. The summed E-state index contributed by atoms with van der Waals surface area (Å²) in [5.74, 6) is 5.76. The van der Waals surface area contributed by atoms with Gasteiger partial charge >= 0.3 is 0 Å². The van der Waals surface area contributed by atoms with E-state index in [9.17, 15) is 0 Å². The van der Waals surface area contributed by atoms with Gasteiger partial charge in [0.05, 0.1) is 6.04 Å². The third-order valence-corrected chi connectivity index (χ3v) is 4.40. The molecule has 0 spiro atoms. The number of hydrogen-bond donors (Lipinski definition) is 2. The van der Waals surface area contributed by atoms with Crippen molar-refractivity contribution in [2.24, 2.45) is 5.84 Å². The molecule has 2 rings (SSSR count). The molecule has 2 aromatic rings. The van der Waals surface area contributed by atoms with Gasteiger partial charge in [0.15, 0.2) is 0 Å². The fourth-order valence-electron chi connectivity index (χ4n) is 2.34. The fraction of sp³-hybridized carbons (Fsp3) is 0.294. The van der Waals surface area contributed by atoms with Gasteiger partial charge in [-0.3, -0.25) is 5.84 Å². The van der Waals surface area contributed by atoms with E-state index >= 15 is 0 Å². The van der Waals surface area contributed by atoms with Gasteiger partial charge in [-0.15, -0.1) is 0 Å². The average Bonchev–Trinajstić information content (AvgIpc) is 2.46. The minimum Gasteiger partial charge on any atom is -0.271 e. The van der Waals surface area contributed by atoms with Crippen LogP contribution in [0.25, 0.3) is 0 Å². The summed E-state index contributed by atoms with van der Waals surface area (Å²) in [4.78, 5) is 0. The first kappa shape index (κ1) is 15.2. The van der Waals surface area contributed by atoms with E-state index in [4.69, 9.17) is 5.84 Å². The molecular weight excluding hydrogens is 312 g/mol. The molecule has 0 saturated heterocycles. The van der Waals surface area contributed by atoms with E-state index < -0.39 is 0 Å². The number of halogens is 1. The number of hydrogen-bond acceptors (Lipinski definition) is 2. The monoisotopic (exact) mass is 332 g/mol. The van der Waals surface area contributed by atoms with Crippen LogP contribution >= 0.6 is 15.9 Å². The number of hydrazine groups is 1. The first-order valence-electron chi connectivity index (χ1n) is 6.96. The van der Waals surface area contributed by atoms with E-state index in [0.29, 0.717) is 0 Å². The molecule has 0 fully saturated rings. The quantitative estimate of drug-likeness (QED) is 0.634. The molecule has 0 aromatic heterocycles. The summed E-state index contributed by atoms with van der Waals surface area (Å²) in [6.45, 7) is 4.28. The predicted octanol–water partition coefficient (Wildman–Crippen LogP) is 4.26. The van der Waals surface area contributed by atoms with Crippen LogP contribution in [0.15, 0.2) is 46.9 Å². The Labute approximate surface area is 129 Å². The minimum atomic E-state index is 0.0163. The number of rotatable bonds is 5. The van der Waals surface area contributed by atoms with E-state index in [1.807, 2.05) is 0 Å². The highest BCUT2D eigenvalue weighted by Gasteiger charge is 2.13. The standard InChI is InChI=1S/C17H21BrN2/c1-3-4-13-6-9-14(10-7-13)17(20-19)15-8-5-12(2)16(18)11-15/h5-11,17,20H,3-4,19H2,1-2H3. The second kappa shape index (κ2) is 7.02. The van der Waals surface area contributed by atoms with Crippen molar-refractivity contribution in [2.45, 2.75) is 32.7 Å². The van der Waals surface area contributed by atoms with Gasteiger partial charge < -0.3 is 0 Å². The van der Waals surface area contributed by atoms with E-state index in [0.717, 1.165) is 16.5 Å². The molecule has 1 atom stereocenters. The van der Waals surface area contributed by atoms with Gasteiger partial charge in [0.1, 0.15) is 0 Å². The maximum atomic E-state index is 5.76. The number of nitrogens with two attached hydrogens (primary N) is 1. The summed E-state index contributed by atoms with van der Waals surface area (Å²) in [5.41, 5.74) is 7.85. The third-order valence-electron chi connectivity index (χ3n) is 3.55. The Morgan fingerprint density at radius 2 is 1.75 bits per heavy atom. The smallest absolute Gasteiger partial charge is 0.0710 e. The summed E-state index contributed by atoms with van der Waals surface area (Å²) >= 11 is 3.58. The summed E-state index contributed by atoms with van der Waals surface area (Å²) in [6, 6.07) is 15.0. The summed E-state index contributed by atoms with van der Waals surface area (Å²) in [5, 5.41) is 0. The Bertz CT molecular complexity index is 564. The molecule has 0 heterocycles. The lowest BCUT2D eigenvalue weighted by Gasteiger charge is -2.18. The molecule has 106 valence electrons. The highest BCUT2D eigenvalue weighted by Crippen LogP contribution is 2.26. The molecule has 3 N–H and O–H groups in total. The topological polar surface area (TPSA) is 38.0 Å². The van der Waals surface area contributed by atoms with E-state index in [-0.39, 0.29) is 6.04 Å². The van der Waals surface area contributed by atoms with Crippen LogP contribution < -0.4 is 11.3 Å². The highest BCUT2D eigenvalue weighted by molar-refractivity contribution is 9.10. The molecule has 2 aromatic carbocycles. The molecule has 0 aliphatic rings. The Kier molecular flexibility index (Phi) is 5.35. The van der Waals surface area contributed by atoms with Crippen LogP contribution in [0.1, 0.15) is 41.6 Å². The lowest BCUT2D eigenvalue weighted by Crippen LogP contribution is -2.28. The van der Waals surface area contributed by atoms with Crippen LogP contribution in [0.2, 0.25) is 0 Å². The van der Waals surface area contributed by atoms with Crippen molar-refractivity contribution >= 4 is 15.9 Å². The maximum absolute atomic E-state index is 5.76. The largest absolute Gasteiger partial charge is 0.271 e. The second-order valence-corrected chi connectivity index (χ2v) is 5.95. The Morgan fingerprint density at radius 3 is 2.30 bits per heavy atom. The lowest BCUT2D eigenvalue weighted by molar-refractivity contribution is 0.636. The highest BCUT2D eigenvalue weighted by atomic mass is 79.9. The van der Waals surface area contributed by atoms with E-state index in [2.05, 4.69) is 77.7 Å². The summed E-state index contributed by atoms with van der Waals surface area (Å²) < 4.78 is 1.11. The van der Waals surface area contributed by atoms with Crippen molar-refractivity contribution in [2.75, 3.05) is 0 Å². The van der Waals surface area contributed by atoms with Crippen molar-refractivity contribution in [1.29, 1.82) is 0 Å². The normalized spacial score (nSPS) is 12.4. The number of aryl methyl sites for hydroxylation is 2. The van der Waals surface area contributed by atoms with Crippen LogP contribution in [-0.2, 0) is 6.42 Å². The molecular formula is C17H21BrN2. The SMILES string of the molecule is CCCc1ccc(C(NN)c2ccc(C)c(Br)c2)cc1. The van der Waals surface area contributed by atoms with Crippen molar-refractivity contribution < 1.29 is 0 Å². The van der Waals surface area contributed by atoms with E-state index in [1.165, 1.54) is 23.1 Å². The molecule has 0 aliphatic heterocycles. The summed E-state index contributed by atoms with van der Waals surface area (Å²) in [6.07, 6.45) is 2.29. The molecule has 0 amide bonds. The van der Waals surface area contributed by atoms with Crippen LogP contribution in [0, 0.1) is 6.92 Å². The van der Waals surface area contributed by atoms with Gasteiger partial charge in [-0.2, -0.15) is 0 Å². The Morgan fingerprint density at radius 1 is 1.10 bits per heavy atom. The first-order valence-corrected chi connectivity index (χ1v) is 7.76. The molecule has 3 heteroatoms. The number of benzene rings is 2. The van der Waals surface area contributed by atoms with Gasteiger partial charge in [0, 0.05) is 4.47 Å².